The maximum Gasteiger partial charge on any atom is 0.0935 e. The molecule has 1 aromatic heterocycles. The van der Waals surface area contributed by atoms with Crippen molar-refractivity contribution in [3.05, 3.63) is 24.2 Å². The highest BCUT2D eigenvalue weighted by molar-refractivity contribution is 5.11. The number of ether oxygens (including phenoxy) is 1. The summed E-state index contributed by atoms with van der Waals surface area (Å²) in [6.45, 7) is 8.41. The van der Waals surface area contributed by atoms with Gasteiger partial charge in [0.25, 0.3) is 0 Å². The van der Waals surface area contributed by atoms with Crippen LogP contribution in [0.15, 0.2) is 23.0 Å². The van der Waals surface area contributed by atoms with Crippen LogP contribution in [0.4, 0.5) is 0 Å². The fourth-order valence-electron chi connectivity index (χ4n) is 3.71. The summed E-state index contributed by atoms with van der Waals surface area (Å²) in [5.74, 6) is 0.751. The molecule has 1 saturated carbocycles. The van der Waals surface area contributed by atoms with Gasteiger partial charge in [-0.05, 0) is 50.3 Å². The van der Waals surface area contributed by atoms with E-state index in [2.05, 4.69) is 32.2 Å². The Kier molecular flexibility index (Phi) is 5.67. The number of nitrogens with one attached hydrogen (secondary N) is 1. The van der Waals surface area contributed by atoms with Gasteiger partial charge < -0.3 is 14.5 Å². The molecule has 1 aromatic rings. The van der Waals surface area contributed by atoms with E-state index in [1.54, 1.807) is 6.26 Å². The molecule has 0 aromatic carbocycles. The second kappa shape index (κ2) is 7.28. The standard InChI is InChI=1S/C17H29NO2/c1-4-18-16(11-15-8-10-19-13-15)17(20-5-2)9-6-7-14(3)12-17/h8,10,13-14,16,18H,4-7,9,11-12H2,1-3H3. The Bertz CT molecular complexity index is 372. The van der Waals surface area contributed by atoms with Crippen LogP contribution >= 0.6 is 0 Å². The third-order valence-electron chi connectivity index (χ3n) is 4.53. The molecule has 3 nitrogen and oxygen atoms in total. The van der Waals surface area contributed by atoms with Crippen LogP contribution < -0.4 is 5.32 Å². The third kappa shape index (κ3) is 3.64. The average molecular weight is 279 g/mol. The second-order valence-electron chi connectivity index (χ2n) is 6.15. The fourth-order valence-corrected chi connectivity index (χ4v) is 3.71. The van der Waals surface area contributed by atoms with Crippen LogP contribution in [0.3, 0.4) is 0 Å². The van der Waals surface area contributed by atoms with E-state index in [-0.39, 0.29) is 5.60 Å². The minimum absolute atomic E-state index is 0.0142. The van der Waals surface area contributed by atoms with Gasteiger partial charge in [-0.15, -0.1) is 0 Å². The van der Waals surface area contributed by atoms with Gasteiger partial charge in [0, 0.05) is 12.6 Å². The van der Waals surface area contributed by atoms with E-state index in [4.69, 9.17) is 9.15 Å². The van der Waals surface area contributed by atoms with Gasteiger partial charge in [0.05, 0.1) is 18.1 Å². The highest BCUT2D eigenvalue weighted by atomic mass is 16.5. The van der Waals surface area contributed by atoms with Gasteiger partial charge in [0.15, 0.2) is 0 Å². The molecule has 0 spiro atoms. The van der Waals surface area contributed by atoms with Crippen LogP contribution in [0.2, 0.25) is 0 Å². The molecule has 20 heavy (non-hydrogen) atoms. The van der Waals surface area contributed by atoms with E-state index < -0.39 is 0 Å². The minimum atomic E-state index is -0.0142. The molecule has 0 aliphatic heterocycles. The number of likely N-dealkylation sites (N-methyl/N-ethyl adjacent to an activating group) is 1. The predicted molar refractivity (Wildman–Crippen MR) is 81.9 cm³/mol. The molecular weight excluding hydrogens is 250 g/mol. The van der Waals surface area contributed by atoms with Gasteiger partial charge >= 0.3 is 0 Å². The SMILES string of the molecule is CCNC(Cc1ccoc1)C1(OCC)CCCC(C)C1. The highest BCUT2D eigenvalue weighted by Gasteiger charge is 2.42. The molecule has 1 heterocycles. The van der Waals surface area contributed by atoms with Gasteiger partial charge in [-0.25, -0.2) is 0 Å². The van der Waals surface area contributed by atoms with Gasteiger partial charge in [0.1, 0.15) is 0 Å². The highest BCUT2D eigenvalue weighted by Crippen LogP contribution is 2.38. The summed E-state index contributed by atoms with van der Waals surface area (Å²) < 4.78 is 11.5. The lowest BCUT2D eigenvalue weighted by molar-refractivity contribution is -0.0998. The van der Waals surface area contributed by atoms with E-state index in [1.165, 1.54) is 24.8 Å². The molecule has 0 bridgehead atoms. The zero-order valence-corrected chi connectivity index (χ0v) is 13.2. The smallest absolute Gasteiger partial charge is 0.0935 e. The lowest BCUT2D eigenvalue weighted by atomic mass is 9.73. The first-order chi connectivity index (χ1) is 9.70. The zero-order valence-electron chi connectivity index (χ0n) is 13.2. The van der Waals surface area contributed by atoms with E-state index >= 15 is 0 Å². The third-order valence-corrected chi connectivity index (χ3v) is 4.53. The predicted octanol–water partition coefficient (Wildman–Crippen LogP) is 3.79. The Morgan fingerprint density at radius 1 is 1.50 bits per heavy atom. The van der Waals surface area contributed by atoms with Crippen LogP contribution in [0.25, 0.3) is 0 Å². The van der Waals surface area contributed by atoms with Crippen LogP contribution in [0, 0.1) is 5.92 Å². The van der Waals surface area contributed by atoms with Crippen molar-refractivity contribution in [3.8, 4) is 0 Å². The molecule has 1 aliphatic carbocycles. The lowest BCUT2D eigenvalue weighted by Gasteiger charge is -2.45. The summed E-state index contributed by atoms with van der Waals surface area (Å²) >= 11 is 0. The zero-order chi connectivity index (χ0) is 14.4. The molecule has 2 rings (SSSR count). The van der Waals surface area contributed by atoms with Crippen molar-refractivity contribution in [3.63, 3.8) is 0 Å². The summed E-state index contributed by atoms with van der Waals surface area (Å²) in [5, 5.41) is 3.67. The van der Waals surface area contributed by atoms with Gasteiger partial charge in [-0.2, -0.15) is 0 Å². The lowest BCUT2D eigenvalue weighted by Crippen LogP contribution is -2.55. The van der Waals surface area contributed by atoms with Crippen LogP contribution in [0.1, 0.15) is 52.0 Å². The maximum absolute atomic E-state index is 6.31. The first-order valence-corrected chi connectivity index (χ1v) is 8.08. The summed E-state index contributed by atoms with van der Waals surface area (Å²) in [6.07, 6.45) is 9.54. The van der Waals surface area contributed by atoms with Crippen LogP contribution in [0.5, 0.6) is 0 Å². The van der Waals surface area contributed by atoms with E-state index in [0.717, 1.165) is 31.9 Å². The largest absolute Gasteiger partial charge is 0.472 e. The molecule has 0 saturated heterocycles. The summed E-state index contributed by atoms with van der Waals surface area (Å²) in [7, 11) is 0. The number of rotatable bonds is 7. The van der Waals surface area contributed by atoms with Crippen molar-refractivity contribution < 1.29 is 9.15 Å². The van der Waals surface area contributed by atoms with Gasteiger partial charge in [-0.1, -0.05) is 26.7 Å². The molecule has 114 valence electrons. The Labute approximate surface area is 123 Å². The first-order valence-electron chi connectivity index (χ1n) is 8.08. The molecule has 0 radical (unpaired) electrons. The normalized spacial score (nSPS) is 28.4. The van der Waals surface area contributed by atoms with Crippen LogP contribution in [-0.4, -0.2) is 24.8 Å². The molecule has 1 aliphatic rings. The van der Waals surface area contributed by atoms with E-state index in [1.807, 2.05) is 6.26 Å². The van der Waals surface area contributed by atoms with E-state index in [9.17, 15) is 0 Å². The summed E-state index contributed by atoms with van der Waals surface area (Å²) in [6, 6.07) is 2.43. The Morgan fingerprint density at radius 3 is 2.95 bits per heavy atom. The van der Waals surface area contributed by atoms with Crippen molar-refractivity contribution in [2.75, 3.05) is 13.2 Å². The second-order valence-corrected chi connectivity index (χ2v) is 6.15. The van der Waals surface area contributed by atoms with Crippen LogP contribution in [-0.2, 0) is 11.2 Å². The quantitative estimate of drug-likeness (QED) is 0.824. The summed E-state index contributed by atoms with van der Waals surface area (Å²) in [4.78, 5) is 0. The number of furan rings is 1. The van der Waals surface area contributed by atoms with Crippen molar-refractivity contribution >= 4 is 0 Å². The molecular formula is C17H29NO2. The van der Waals surface area contributed by atoms with Crippen molar-refractivity contribution in [2.45, 2.75) is 64.5 Å². The number of hydrogen-bond acceptors (Lipinski definition) is 3. The Morgan fingerprint density at radius 2 is 2.35 bits per heavy atom. The van der Waals surface area contributed by atoms with Crippen molar-refractivity contribution in [1.82, 2.24) is 5.32 Å². The molecule has 1 fully saturated rings. The monoisotopic (exact) mass is 279 g/mol. The number of hydrogen-bond donors (Lipinski definition) is 1. The van der Waals surface area contributed by atoms with E-state index in [0.29, 0.717) is 6.04 Å². The minimum Gasteiger partial charge on any atom is -0.472 e. The molecule has 0 amide bonds. The Hall–Kier alpha value is -0.800. The van der Waals surface area contributed by atoms with Gasteiger partial charge in [-0.3, -0.25) is 0 Å². The van der Waals surface area contributed by atoms with Gasteiger partial charge in [0.2, 0.25) is 0 Å². The van der Waals surface area contributed by atoms with Crippen molar-refractivity contribution in [1.29, 1.82) is 0 Å². The topological polar surface area (TPSA) is 34.4 Å². The summed E-state index contributed by atoms with van der Waals surface area (Å²) in [5.41, 5.74) is 1.24. The maximum atomic E-state index is 6.31. The molecule has 3 unspecified atom stereocenters. The first kappa shape index (κ1) is 15.6. The fraction of sp³-hybridized carbons (Fsp3) is 0.765. The van der Waals surface area contributed by atoms with Crippen molar-refractivity contribution in [2.24, 2.45) is 5.92 Å². The molecule has 3 atom stereocenters. The molecule has 1 N–H and O–H groups in total. The molecule has 3 heteroatoms. The average Bonchev–Trinajstić information content (AvgIpc) is 2.91. The Balaban J connectivity index is 2.17.